The Balaban J connectivity index is 1.14. The second-order valence-electron chi connectivity index (χ2n) is 11.5. The summed E-state index contributed by atoms with van der Waals surface area (Å²) in [6.45, 7) is 0. The van der Waals surface area contributed by atoms with Crippen molar-refractivity contribution in [3.63, 3.8) is 0 Å². The van der Waals surface area contributed by atoms with Gasteiger partial charge >= 0.3 is 0 Å². The van der Waals surface area contributed by atoms with Gasteiger partial charge < -0.3 is 9.80 Å². The van der Waals surface area contributed by atoms with Gasteiger partial charge in [-0.15, -0.1) is 0 Å². The third kappa shape index (κ3) is 5.84. The van der Waals surface area contributed by atoms with Crippen LogP contribution in [-0.2, 0) is 0 Å². The minimum atomic E-state index is -0.0995. The van der Waals surface area contributed by atoms with Gasteiger partial charge in [0.2, 0.25) is 0 Å². The van der Waals surface area contributed by atoms with E-state index in [1.165, 1.54) is 10.8 Å². The summed E-state index contributed by atoms with van der Waals surface area (Å²) in [4.78, 5) is 4.06. The molecule has 8 rings (SSSR count). The maximum Gasteiger partial charge on any atom is 0.0645 e. The highest BCUT2D eigenvalue weighted by Crippen LogP contribution is 2.40. The molecule has 228 valence electrons. The van der Waals surface area contributed by atoms with Gasteiger partial charge in [0.15, 0.2) is 0 Å². The van der Waals surface area contributed by atoms with Crippen LogP contribution in [0.25, 0.3) is 33.0 Å². The monoisotopic (exact) mass is 618 g/mol. The molecule has 0 aliphatic rings. The highest BCUT2D eigenvalue weighted by atomic mass is 15.1. The first-order valence-electron chi connectivity index (χ1n) is 18.0. The minimum absolute atomic E-state index is 0.0839. The van der Waals surface area contributed by atoms with Gasteiger partial charge in [0.25, 0.3) is 0 Å². The van der Waals surface area contributed by atoms with Crippen LogP contribution in [0.15, 0.2) is 206 Å². The summed E-state index contributed by atoms with van der Waals surface area (Å²) in [5.41, 5.74) is 7.82. The van der Waals surface area contributed by atoms with E-state index in [9.17, 15) is 0 Å². The van der Waals surface area contributed by atoms with Crippen molar-refractivity contribution in [1.29, 1.82) is 0 Å². The van der Waals surface area contributed by atoms with Gasteiger partial charge in [-0.05, 0) is 94.3 Å². The first-order chi connectivity index (χ1) is 25.5. The van der Waals surface area contributed by atoms with Crippen LogP contribution in [0.4, 0.5) is 34.1 Å². The van der Waals surface area contributed by atoms with Crippen molar-refractivity contribution in [3.05, 3.63) is 206 Å². The molecule has 0 radical (unpaired) electrons. The second-order valence-corrected chi connectivity index (χ2v) is 11.5. The first-order valence-corrected chi connectivity index (χ1v) is 16.0. The van der Waals surface area contributed by atoms with Crippen LogP contribution < -0.4 is 9.80 Å². The predicted molar refractivity (Wildman–Crippen MR) is 204 cm³/mol. The fraction of sp³-hybridized carbons (Fsp3) is 0. The van der Waals surface area contributed by atoms with Crippen molar-refractivity contribution in [2.45, 2.75) is 0 Å². The van der Waals surface area contributed by atoms with Crippen molar-refractivity contribution in [1.82, 2.24) is 0 Å². The third-order valence-corrected chi connectivity index (χ3v) is 8.52. The summed E-state index contributed by atoms with van der Waals surface area (Å²) in [6, 6.07) is 60.0. The highest BCUT2D eigenvalue weighted by Gasteiger charge is 2.15. The molecular formula is C46H34N2. The Morgan fingerprint density at radius 1 is 0.292 bits per heavy atom. The zero-order valence-corrected chi connectivity index (χ0v) is 26.2. The Kier molecular flexibility index (Phi) is 6.80. The molecule has 48 heavy (non-hydrogen) atoms. The van der Waals surface area contributed by atoms with Crippen LogP contribution in [0.3, 0.4) is 0 Å². The summed E-state index contributed by atoms with van der Waals surface area (Å²) >= 11 is 0. The van der Waals surface area contributed by atoms with Crippen molar-refractivity contribution in [3.8, 4) is 22.3 Å². The van der Waals surface area contributed by atoms with Crippen LogP contribution in [0.2, 0.25) is 0 Å². The molecule has 0 atom stereocenters. The number of benzene rings is 8. The molecule has 0 aliphatic carbocycles. The molecule has 0 bridgehead atoms. The Morgan fingerprint density at radius 2 is 0.708 bits per heavy atom. The topological polar surface area (TPSA) is 6.48 Å². The van der Waals surface area contributed by atoms with Crippen LogP contribution in [0, 0.1) is 0 Å². The van der Waals surface area contributed by atoms with Crippen LogP contribution in [0.5, 0.6) is 0 Å². The summed E-state index contributed by atoms with van der Waals surface area (Å²) in [5, 5.41) is 2.35. The van der Waals surface area contributed by atoms with E-state index < -0.39 is 0 Å². The van der Waals surface area contributed by atoms with E-state index in [1.807, 2.05) is 91.0 Å². The molecule has 0 spiro atoms. The van der Waals surface area contributed by atoms with E-state index >= 15 is 0 Å². The molecule has 0 saturated carbocycles. The van der Waals surface area contributed by atoms with Crippen molar-refractivity contribution < 1.29 is 5.48 Å². The molecule has 0 saturated heterocycles. The quantitative estimate of drug-likeness (QED) is 0.167. The number of hydrogen-bond acceptors (Lipinski definition) is 2. The lowest BCUT2D eigenvalue weighted by Gasteiger charge is -2.27. The molecule has 0 aliphatic heterocycles. The van der Waals surface area contributed by atoms with E-state index in [1.54, 1.807) is 4.90 Å². The van der Waals surface area contributed by atoms with E-state index in [2.05, 4.69) is 95.9 Å². The van der Waals surface area contributed by atoms with E-state index in [-0.39, 0.29) is 35.4 Å². The van der Waals surface area contributed by atoms with Gasteiger partial charge in [-0.2, -0.15) is 0 Å². The summed E-state index contributed by atoms with van der Waals surface area (Å²) in [6.07, 6.45) is 0. The second kappa shape index (κ2) is 13.2. The predicted octanol–water partition coefficient (Wildman–Crippen LogP) is 13.1. The lowest BCUT2D eigenvalue weighted by Crippen LogP contribution is -2.10. The molecule has 0 aromatic heterocycles. The van der Waals surface area contributed by atoms with Crippen LogP contribution >= 0.6 is 0 Å². The van der Waals surface area contributed by atoms with Crippen molar-refractivity contribution in [2.75, 3.05) is 9.80 Å². The summed E-state index contributed by atoms with van der Waals surface area (Å²) in [7, 11) is 0. The Bertz CT molecular complexity index is 2410. The van der Waals surface area contributed by atoms with Crippen molar-refractivity contribution in [2.24, 2.45) is 0 Å². The molecule has 2 nitrogen and oxygen atoms in total. The molecule has 0 fully saturated rings. The number of anilines is 6. The number of rotatable bonds is 8. The zero-order chi connectivity index (χ0) is 35.6. The van der Waals surface area contributed by atoms with Gasteiger partial charge in [-0.3, -0.25) is 0 Å². The Hall–Kier alpha value is -6.38. The van der Waals surface area contributed by atoms with Gasteiger partial charge in [-0.1, -0.05) is 139 Å². The maximum absolute atomic E-state index is 9.12. The van der Waals surface area contributed by atoms with Gasteiger partial charge in [0.05, 0.1) is 11.2 Å². The minimum Gasteiger partial charge on any atom is -0.311 e. The fourth-order valence-corrected chi connectivity index (χ4v) is 6.16. The van der Waals surface area contributed by atoms with E-state index in [0.29, 0.717) is 5.56 Å². The maximum atomic E-state index is 9.12. The number of nitrogens with zero attached hydrogens (tertiary/aromatic N) is 2. The fourth-order valence-electron chi connectivity index (χ4n) is 6.16. The van der Waals surface area contributed by atoms with Gasteiger partial charge in [0.1, 0.15) is 0 Å². The molecule has 0 heterocycles. The first kappa shape index (κ1) is 24.8. The molecular weight excluding hydrogens is 581 g/mol. The van der Waals surface area contributed by atoms with Gasteiger partial charge in [0, 0.05) is 33.8 Å². The number of fused-ring (bicyclic) bond motifs is 1. The summed E-state index contributed by atoms with van der Waals surface area (Å²) in [5.74, 6) is 0. The highest BCUT2D eigenvalue weighted by molar-refractivity contribution is 5.99. The zero-order valence-electron chi connectivity index (χ0n) is 30.2. The largest absolute Gasteiger partial charge is 0.311 e. The van der Waals surface area contributed by atoms with Crippen LogP contribution in [0.1, 0.15) is 5.48 Å². The average molecular weight is 619 g/mol. The molecule has 2 heteroatoms. The molecule has 8 aromatic carbocycles. The van der Waals surface area contributed by atoms with Crippen LogP contribution in [-0.4, -0.2) is 0 Å². The van der Waals surface area contributed by atoms with Crippen molar-refractivity contribution >= 4 is 44.9 Å². The molecule has 8 aromatic rings. The van der Waals surface area contributed by atoms with E-state index in [4.69, 9.17) is 5.48 Å². The average Bonchev–Trinajstić information content (AvgIpc) is 3.21. The molecule has 0 amide bonds. The lowest BCUT2D eigenvalue weighted by molar-refractivity contribution is 1.28. The molecule has 0 N–H and O–H groups in total. The Morgan fingerprint density at radius 3 is 1.27 bits per heavy atom. The Labute approximate surface area is 288 Å². The lowest BCUT2D eigenvalue weighted by atomic mass is 9.99. The third-order valence-electron chi connectivity index (χ3n) is 8.52. The smallest absolute Gasteiger partial charge is 0.0645 e. The van der Waals surface area contributed by atoms with Gasteiger partial charge in [-0.25, -0.2) is 0 Å². The number of hydrogen-bond donors (Lipinski definition) is 0. The standard InChI is InChI=1S/C46H34N2/c1-4-15-40(16-5-1)47(41-17-6-2-7-18-41)43-31-27-37(28-32-43)35-23-25-36(26-24-35)38-29-33-44(34-30-38)48(42-19-8-3-9-20-42)46-22-12-14-39-13-10-11-21-45(39)46/h1-34H/i27D,28D,31D,32D. The normalized spacial score (nSPS) is 12.1. The SMILES string of the molecule is [2H]c1c([2H])c(N(c2ccccc2)c2ccccc2)c([2H])c([2H])c1-c1ccc(-c2ccc(N(c3ccccc3)c3cccc4ccccc34)cc2)cc1. The number of para-hydroxylation sites is 3. The van der Waals surface area contributed by atoms with E-state index in [0.717, 1.165) is 39.6 Å². The summed E-state index contributed by atoms with van der Waals surface area (Å²) < 4.78 is 36.4. The molecule has 0 unspecified atom stereocenters.